The van der Waals surface area contributed by atoms with Crippen LogP contribution in [0.4, 0.5) is 0 Å². The van der Waals surface area contributed by atoms with E-state index in [2.05, 4.69) is 24.3 Å². The molecule has 0 saturated heterocycles. The number of carboxylic acids is 1. The van der Waals surface area contributed by atoms with Gasteiger partial charge in [-0.15, -0.1) is 0 Å². The molecule has 2 atom stereocenters. The Labute approximate surface area is 113 Å². The molecular weight excluding hydrogens is 238 g/mol. The molecule has 0 fully saturated rings. The van der Waals surface area contributed by atoms with Gasteiger partial charge < -0.3 is 10.8 Å². The molecule has 19 heavy (non-hydrogen) atoms. The number of hydrogen-bond donors (Lipinski definition) is 2. The molecule has 0 heterocycles. The molecule has 0 aliphatic rings. The molecule has 0 radical (unpaired) electrons. The quantitative estimate of drug-likeness (QED) is 0.865. The van der Waals surface area contributed by atoms with Gasteiger partial charge in [-0.2, -0.15) is 0 Å². The zero-order chi connectivity index (χ0) is 13.8. The largest absolute Gasteiger partial charge is 0.481 e. The van der Waals surface area contributed by atoms with E-state index in [4.69, 9.17) is 10.8 Å². The van der Waals surface area contributed by atoms with E-state index < -0.39 is 5.97 Å². The van der Waals surface area contributed by atoms with Crippen molar-refractivity contribution in [1.29, 1.82) is 0 Å². The molecule has 2 rings (SSSR count). The van der Waals surface area contributed by atoms with E-state index in [1.54, 1.807) is 0 Å². The first-order chi connectivity index (χ1) is 9.13. The van der Waals surface area contributed by atoms with Crippen LogP contribution in [0.25, 0.3) is 10.8 Å². The van der Waals surface area contributed by atoms with Crippen molar-refractivity contribution in [3.63, 3.8) is 0 Å². The first-order valence-corrected chi connectivity index (χ1v) is 6.58. The van der Waals surface area contributed by atoms with Crippen LogP contribution in [-0.2, 0) is 4.79 Å². The molecule has 0 aliphatic heterocycles. The van der Waals surface area contributed by atoms with Crippen LogP contribution in [0.5, 0.6) is 0 Å². The van der Waals surface area contributed by atoms with Crippen LogP contribution >= 0.6 is 0 Å². The Morgan fingerprint density at radius 2 is 1.89 bits per heavy atom. The molecule has 0 spiro atoms. The average molecular weight is 257 g/mol. The summed E-state index contributed by atoms with van der Waals surface area (Å²) in [5, 5.41) is 11.2. The van der Waals surface area contributed by atoms with Gasteiger partial charge in [0.2, 0.25) is 0 Å². The monoisotopic (exact) mass is 257 g/mol. The lowest BCUT2D eigenvalue weighted by Crippen LogP contribution is -2.30. The van der Waals surface area contributed by atoms with Crippen molar-refractivity contribution in [3.05, 3.63) is 48.0 Å². The fraction of sp³-hybridized carbons (Fsp3) is 0.312. The lowest BCUT2D eigenvalue weighted by atomic mass is 9.85. The van der Waals surface area contributed by atoms with Gasteiger partial charge in [-0.1, -0.05) is 49.4 Å². The van der Waals surface area contributed by atoms with Crippen LogP contribution in [0, 0.1) is 0 Å². The molecule has 3 N–H and O–H groups in total. The highest BCUT2D eigenvalue weighted by Crippen LogP contribution is 2.30. The number of carbonyl (C=O) groups is 1. The fourth-order valence-corrected chi connectivity index (χ4v) is 2.67. The van der Waals surface area contributed by atoms with Gasteiger partial charge >= 0.3 is 5.97 Å². The topological polar surface area (TPSA) is 63.3 Å². The number of hydrogen-bond acceptors (Lipinski definition) is 2. The smallest absolute Gasteiger partial charge is 0.304 e. The maximum absolute atomic E-state index is 10.8. The van der Waals surface area contributed by atoms with Gasteiger partial charge in [0.05, 0.1) is 6.42 Å². The molecule has 0 bridgehead atoms. The third-order valence-electron chi connectivity index (χ3n) is 3.59. The standard InChI is InChI=1S/C16H19NO2/c1-2-12(15(17)10-16(18)19)14-9-5-7-11-6-3-4-8-13(11)14/h3-9,12,15H,2,10,17H2,1H3,(H,18,19). The number of rotatable bonds is 5. The Hall–Kier alpha value is -1.87. The Morgan fingerprint density at radius 1 is 1.21 bits per heavy atom. The average Bonchev–Trinajstić information content (AvgIpc) is 2.39. The Balaban J connectivity index is 2.43. The molecule has 0 saturated carbocycles. The minimum Gasteiger partial charge on any atom is -0.481 e. The van der Waals surface area contributed by atoms with Crippen LogP contribution in [-0.4, -0.2) is 17.1 Å². The van der Waals surface area contributed by atoms with Gasteiger partial charge in [0.25, 0.3) is 0 Å². The van der Waals surface area contributed by atoms with Gasteiger partial charge in [0.15, 0.2) is 0 Å². The summed E-state index contributed by atoms with van der Waals surface area (Å²) in [5.74, 6) is -0.770. The number of benzene rings is 2. The lowest BCUT2D eigenvalue weighted by molar-refractivity contribution is -0.137. The molecular formula is C16H19NO2. The van der Waals surface area contributed by atoms with Crippen molar-refractivity contribution >= 4 is 16.7 Å². The van der Waals surface area contributed by atoms with Crippen LogP contribution < -0.4 is 5.73 Å². The Bertz CT molecular complexity index is 574. The van der Waals surface area contributed by atoms with E-state index in [1.807, 2.05) is 25.1 Å². The third-order valence-corrected chi connectivity index (χ3v) is 3.59. The summed E-state index contributed by atoms with van der Waals surface area (Å²) in [6.45, 7) is 2.05. The number of nitrogens with two attached hydrogens (primary N) is 1. The summed E-state index contributed by atoms with van der Waals surface area (Å²) in [5.41, 5.74) is 7.22. The van der Waals surface area contributed by atoms with Gasteiger partial charge in [-0.25, -0.2) is 0 Å². The summed E-state index contributed by atoms with van der Waals surface area (Å²) in [7, 11) is 0. The van der Waals surface area contributed by atoms with Crippen LogP contribution in [0.1, 0.15) is 31.2 Å². The molecule has 0 aromatic heterocycles. The lowest BCUT2D eigenvalue weighted by Gasteiger charge is -2.23. The fourth-order valence-electron chi connectivity index (χ4n) is 2.67. The maximum Gasteiger partial charge on any atom is 0.304 e. The number of fused-ring (bicyclic) bond motifs is 1. The highest BCUT2D eigenvalue weighted by atomic mass is 16.4. The number of carboxylic acid groups (broad SMARTS) is 1. The first kappa shape index (κ1) is 13.6. The Kier molecular flexibility index (Phi) is 4.17. The molecule has 0 amide bonds. The van der Waals surface area contributed by atoms with Crippen LogP contribution in [0.15, 0.2) is 42.5 Å². The SMILES string of the molecule is CCC(c1cccc2ccccc12)C(N)CC(=O)O. The highest BCUT2D eigenvalue weighted by molar-refractivity contribution is 5.86. The minimum absolute atomic E-state index is 0.00171. The van der Waals surface area contributed by atoms with Gasteiger partial charge in [-0.3, -0.25) is 4.79 Å². The van der Waals surface area contributed by atoms with Crippen molar-refractivity contribution in [1.82, 2.24) is 0 Å². The van der Waals surface area contributed by atoms with Crippen molar-refractivity contribution < 1.29 is 9.90 Å². The number of aliphatic carboxylic acids is 1. The van der Waals surface area contributed by atoms with Crippen molar-refractivity contribution in [2.24, 2.45) is 5.73 Å². The van der Waals surface area contributed by atoms with E-state index in [0.717, 1.165) is 17.4 Å². The van der Waals surface area contributed by atoms with E-state index >= 15 is 0 Å². The summed E-state index contributed by atoms with van der Waals surface area (Å²) in [6, 6.07) is 13.9. The molecule has 3 nitrogen and oxygen atoms in total. The summed E-state index contributed by atoms with van der Waals surface area (Å²) in [4.78, 5) is 10.8. The second kappa shape index (κ2) is 5.85. The summed E-state index contributed by atoms with van der Waals surface area (Å²) < 4.78 is 0. The van der Waals surface area contributed by atoms with E-state index in [9.17, 15) is 4.79 Å². The first-order valence-electron chi connectivity index (χ1n) is 6.58. The second-order valence-corrected chi connectivity index (χ2v) is 4.84. The highest BCUT2D eigenvalue weighted by Gasteiger charge is 2.22. The molecule has 2 unspecified atom stereocenters. The second-order valence-electron chi connectivity index (χ2n) is 4.84. The summed E-state index contributed by atoms with van der Waals surface area (Å²) in [6.07, 6.45) is 0.837. The molecule has 100 valence electrons. The van der Waals surface area contributed by atoms with Gasteiger partial charge in [-0.05, 0) is 28.7 Å². The third kappa shape index (κ3) is 2.93. The van der Waals surface area contributed by atoms with Crippen molar-refractivity contribution in [2.45, 2.75) is 31.7 Å². The van der Waals surface area contributed by atoms with E-state index in [0.29, 0.717) is 0 Å². The van der Waals surface area contributed by atoms with E-state index in [-0.39, 0.29) is 18.4 Å². The molecule has 0 aliphatic carbocycles. The van der Waals surface area contributed by atoms with Crippen LogP contribution in [0.3, 0.4) is 0 Å². The van der Waals surface area contributed by atoms with Gasteiger partial charge in [0, 0.05) is 6.04 Å². The molecule has 3 heteroatoms. The van der Waals surface area contributed by atoms with E-state index in [1.165, 1.54) is 5.39 Å². The predicted octanol–water partition coefficient (Wildman–Crippen LogP) is 3.14. The molecule has 2 aromatic rings. The normalized spacial score (nSPS) is 14.2. The minimum atomic E-state index is -0.841. The summed E-state index contributed by atoms with van der Waals surface area (Å²) >= 11 is 0. The van der Waals surface area contributed by atoms with Crippen molar-refractivity contribution in [3.8, 4) is 0 Å². The Morgan fingerprint density at radius 3 is 2.58 bits per heavy atom. The molecule has 2 aromatic carbocycles. The predicted molar refractivity (Wildman–Crippen MR) is 77.2 cm³/mol. The zero-order valence-corrected chi connectivity index (χ0v) is 11.0. The zero-order valence-electron chi connectivity index (χ0n) is 11.0. The van der Waals surface area contributed by atoms with Crippen LogP contribution in [0.2, 0.25) is 0 Å². The van der Waals surface area contributed by atoms with Crippen molar-refractivity contribution in [2.75, 3.05) is 0 Å². The maximum atomic E-state index is 10.8. The van der Waals surface area contributed by atoms with Gasteiger partial charge in [0.1, 0.15) is 0 Å².